The second-order valence-electron chi connectivity index (χ2n) is 4.71. The number of ether oxygens (including phenoxy) is 3. The maximum absolute atomic E-state index is 5.58. The summed E-state index contributed by atoms with van der Waals surface area (Å²) < 4.78 is 16.1. The molecule has 4 heteroatoms. The number of benzene rings is 1. The van der Waals surface area contributed by atoms with E-state index in [2.05, 4.69) is 6.92 Å². The van der Waals surface area contributed by atoms with Crippen LogP contribution in [0.5, 0.6) is 17.2 Å². The Morgan fingerprint density at radius 2 is 1.68 bits per heavy atom. The molecule has 0 aliphatic carbocycles. The third kappa shape index (κ3) is 4.03. The molecule has 4 nitrogen and oxygen atoms in total. The molecule has 0 amide bonds. The predicted octanol–water partition coefficient (Wildman–Crippen LogP) is 2.63. The van der Waals surface area contributed by atoms with Crippen molar-refractivity contribution in [3.8, 4) is 17.2 Å². The highest BCUT2D eigenvalue weighted by atomic mass is 16.5. The summed E-state index contributed by atoms with van der Waals surface area (Å²) in [5.74, 6) is 2.73. The van der Waals surface area contributed by atoms with Gasteiger partial charge in [-0.1, -0.05) is 13.0 Å². The fraction of sp³-hybridized carbons (Fsp3) is 0.600. The number of rotatable bonds is 8. The quantitative estimate of drug-likeness (QED) is 0.786. The van der Waals surface area contributed by atoms with Gasteiger partial charge in [-0.25, -0.2) is 0 Å². The maximum atomic E-state index is 5.58. The number of hydrogen-bond acceptors (Lipinski definition) is 4. The van der Waals surface area contributed by atoms with Crippen LogP contribution in [-0.2, 0) is 6.42 Å². The monoisotopic (exact) mass is 267 g/mol. The van der Waals surface area contributed by atoms with E-state index < -0.39 is 0 Å². The van der Waals surface area contributed by atoms with E-state index in [-0.39, 0.29) is 0 Å². The Morgan fingerprint density at radius 3 is 2.21 bits per heavy atom. The lowest BCUT2D eigenvalue weighted by Crippen LogP contribution is -2.07. The first-order valence-corrected chi connectivity index (χ1v) is 6.65. The average Bonchev–Trinajstić information content (AvgIpc) is 2.43. The molecule has 0 heterocycles. The molecule has 0 bridgehead atoms. The van der Waals surface area contributed by atoms with Crippen LogP contribution in [0.25, 0.3) is 0 Å². The van der Waals surface area contributed by atoms with Crippen molar-refractivity contribution in [2.75, 3.05) is 27.9 Å². The van der Waals surface area contributed by atoms with Crippen molar-refractivity contribution in [3.05, 3.63) is 17.7 Å². The smallest absolute Gasteiger partial charge is 0.203 e. The van der Waals surface area contributed by atoms with Crippen LogP contribution in [0.2, 0.25) is 0 Å². The molecule has 0 spiro atoms. The molecule has 0 aromatic heterocycles. The normalized spacial score (nSPS) is 12.1. The van der Waals surface area contributed by atoms with Gasteiger partial charge in [0.25, 0.3) is 0 Å². The average molecular weight is 267 g/mol. The van der Waals surface area contributed by atoms with Crippen LogP contribution in [0.3, 0.4) is 0 Å². The predicted molar refractivity (Wildman–Crippen MR) is 77.3 cm³/mol. The molecule has 0 saturated carbocycles. The number of hydrogen-bond donors (Lipinski definition) is 1. The molecule has 108 valence electrons. The third-order valence-electron chi connectivity index (χ3n) is 3.35. The standard InChI is InChI=1S/C15H25NO3/c1-11(9-10-16)5-6-12-7-8-13(17-2)15(19-4)14(12)18-3/h7-8,11H,5-6,9-10,16H2,1-4H3. The molecule has 0 fully saturated rings. The van der Waals surface area contributed by atoms with E-state index in [1.807, 2.05) is 12.1 Å². The molecule has 0 aliphatic rings. The SMILES string of the molecule is COc1ccc(CCC(C)CCN)c(OC)c1OC. The zero-order valence-corrected chi connectivity index (χ0v) is 12.4. The molecular weight excluding hydrogens is 242 g/mol. The summed E-state index contributed by atoms with van der Waals surface area (Å²) in [6.07, 6.45) is 3.09. The lowest BCUT2D eigenvalue weighted by Gasteiger charge is -2.17. The highest BCUT2D eigenvalue weighted by Crippen LogP contribution is 2.40. The van der Waals surface area contributed by atoms with Crippen molar-refractivity contribution in [2.24, 2.45) is 11.7 Å². The highest BCUT2D eigenvalue weighted by Gasteiger charge is 2.16. The van der Waals surface area contributed by atoms with Crippen molar-refractivity contribution >= 4 is 0 Å². The number of methoxy groups -OCH3 is 3. The van der Waals surface area contributed by atoms with E-state index in [1.165, 1.54) is 0 Å². The van der Waals surface area contributed by atoms with E-state index in [9.17, 15) is 0 Å². The molecule has 0 radical (unpaired) electrons. The van der Waals surface area contributed by atoms with Gasteiger partial charge in [-0.15, -0.1) is 0 Å². The highest BCUT2D eigenvalue weighted by molar-refractivity contribution is 5.55. The first kappa shape index (κ1) is 15.6. The minimum Gasteiger partial charge on any atom is -0.493 e. The van der Waals surface area contributed by atoms with Gasteiger partial charge in [0, 0.05) is 0 Å². The lowest BCUT2D eigenvalue weighted by molar-refractivity contribution is 0.321. The van der Waals surface area contributed by atoms with Crippen molar-refractivity contribution < 1.29 is 14.2 Å². The summed E-state index contributed by atoms with van der Waals surface area (Å²) in [7, 11) is 4.91. The minimum atomic E-state index is 0.614. The van der Waals surface area contributed by atoms with Gasteiger partial charge in [0.15, 0.2) is 11.5 Å². The summed E-state index contributed by atoms with van der Waals surface area (Å²) in [4.78, 5) is 0. The van der Waals surface area contributed by atoms with E-state index in [1.54, 1.807) is 21.3 Å². The van der Waals surface area contributed by atoms with Crippen LogP contribution in [0, 0.1) is 5.92 Å². The fourth-order valence-corrected chi connectivity index (χ4v) is 2.19. The summed E-state index contributed by atoms with van der Waals surface area (Å²) >= 11 is 0. The molecule has 2 N–H and O–H groups in total. The lowest BCUT2D eigenvalue weighted by atomic mass is 9.97. The summed E-state index contributed by atoms with van der Waals surface area (Å²) in [6.45, 7) is 2.96. The van der Waals surface area contributed by atoms with Crippen LogP contribution in [0.4, 0.5) is 0 Å². The topological polar surface area (TPSA) is 53.7 Å². The molecule has 1 rings (SSSR count). The van der Waals surface area contributed by atoms with Gasteiger partial charge >= 0.3 is 0 Å². The number of aryl methyl sites for hydroxylation is 1. The van der Waals surface area contributed by atoms with Gasteiger partial charge < -0.3 is 19.9 Å². The van der Waals surface area contributed by atoms with Gasteiger partial charge in [-0.3, -0.25) is 0 Å². The molecule has 1 aromatic carbocycles. The van der Waals surface area contributed by atoms with Crippen molar-refractivity contribution in [1.29, 1.82) is 0 Å². The molecule has 0 aliphatic heterocycles. The van der Waals surface area contributed by atoms with Crippen LogP contribution in [0.1, 0.15) is 25.3 Å². The molecule has 0 saturated heterocycles. The molecule has 1 unspecified atom stereocenters. The Morgan fingerprint density at radius 1 is 1.00 bits per heavy atom. The van der Waals surface area contributed by atoms with Crippen molar-refractivity contribution in [2.45, 2.75) is 26.2 Å². The fourth-order valence-electron chi connectivity index (χ4n) is 2.19. The Hall–Kier alpha value is -1.42. The van der Waals surface area contributed by atoms with E-state index in [4.69, 9.17) is 19.9 Å². The van der Waals surface area contributed by atoms with Gasteiger partial charge in [-0.05, 0) is 43.4 Å². The molecule has 1 atom stereocenters. The van der Waals surface area contributed by atoms with Gasteiger partial charge in [0.1, 0.15) is 0 Å². The second kappa shape index (κ2) is 7.89. The van der Waals surface area contributed by atoms with E-state index in [0.29, 0.717) is 17.4 Å². The minimum absolute atomic E-state index is 0.614. The maximum Gasteiger partial charge on any atom is 0.203 e. The largest absolute Gasteiger partial charge is 0.493 e. The summed E-state index contributed by atoms with van der Waals surface area (Å²) in [5, 5.41) is 0. The van der Waals surface area contributed by atoms with E-state index >= 15 is 0 Å². The van der Waals surface area contributed by atoms with Gasteiger partial charge in [-0.2, -0.15) is 0 Å². The molecular formula is C15H25NO3. The summed E-state index contributed by atoms with van der Waals surface area (Å²) in [5.41, 5.74) is 6.72. The molecule has 19 heavy (non-hydrogen) atoms. The Kier molecular flexibility index (Phi) is 6.50. The van der Waals surface area contributed by atoms with Crippen LogP contribution >= 0.6 is 0 Å². The van der Waals surface area contributed by atoms with Crippen LogP contribution < -0.4 is 19.9 Å². The van der Waals surface area contributed by atoms with Crippen LogP contribution in [0.15, 0.2) is 12.1 Å². The number of nitrogens with two attached hydrogens (primary N) is 1. The second-order valence-corrected chi connectivity index (χ2v) is 4.71. The van der Waals surface area contributed by atoms with Crippen molar-refractivity contribution in [3.63, 3.8) is 0 Å². The third-order valence-corrected chi connectivity index (χ3v) is 3.35. The van der Waals surface area contributed by atoms with Crippen LogP contribution in [-0.4, -0.2) is 27.9 Å². The Bertz CT molecular complexity index is 393. The van der Waals surface area contributed by atoms with Crippen molar-refractivity contribution in [1.82, 2.24) is 0 Å². The Balaban J connectivity index is 2.89. The summed E-state index contributed by atoms with van der Waals surface area (Å²) in [6, 6.07) is 3.96. The first-order valence-electron chi connectivity index (χ1n) is 6.65. The van der Waals surface area contributed by atoms with Gasteiger partial charge in [0.2, 0.25) is 5.75 Å². The van der Waals surface area contributed by atoms with Gasteiger partial charge in [0.05, 0.1) is 21.3 Å². The molecule has 1 aromatic rings. The zero-order chi connectivity index (χ0) is 14.3. The van der Waals surface area contributed by atoms with E-state index in [0.717, 1.165) is 37.1 Å². The Labute approximate surface area is 115 Å². The first-order chi connectivity index (χ1) is 9.17. The zero-order valence-electron chi connectivity index (χ0n) is 12.4.